The Morgan fingerprint density at radius 1 is 1.05 bits per heavy atom. The first kappa shape index (κ1) is 14.3. The van der Waals surface area contributed by atoms with Gasteiger partial charge in [-0.05, 0) is 42.5 Å². The van der Waals surface area contributed by atoms with Crippen LogP contribution in [-0.4, -0.2) is 4.98 Å². The van der Waals surface area contributed by atoms with Crippen molar-refractivity contribution in [2.45, 2.75) is 0 Å². The molecule has 0 radical (unpaired) electrons. The number of rotatable bonds is 3. The van der Waals surface area contributed by atoms with E-state index in [9.17, 15) is 4.39 Å². The molecule has 0 unspecified atom stereocenters. The molecule has 2 aromatic carbocycles. The van der Waals surface area contributed by atoms with Crippen LogP contribution in [0.4, 0.5) is 15.2 Å². The highest BCUT2D eigenvalue weighted by atomic mass is 35.5. The van der Waals surface area contributed by atoms with E-state index in [0.717, 1.165) is 16.9 Å². The van der Waals surface area contributed by atoms with Crippen LogP contribution >= 0.6 is 34.5 Å². The lowest BCUT2D eigenvalue weighted by atomic mass is 10.2. The summed E-state index contributed by atoms with van der Waals surface area (Å²) in [7, 11) is 0. The summed E-state index contributed by atoms with van der Waals surface area (Å²) in [5.74, 6) is -0.270. The number of thiazole rings is 1. The maximum absolute atomic E-state index is 12.9. The molecule has 21 heavy (non-hydrogen) atoms. The zero-order chi connectivity index (χ0) is 14.8. The average Bonchev–Trinajstić information content (AvgIpc) is 2.90. The van der Waals surface area contributed by atoms with Gasteiger partial charge in [0.15, 0.2) is 5.13 Å². The fourth-order valence-electron chi connectivity index (χ4n) is 1.81. The number of nitrogens with one attached hydrogen (secondary N) is 1. The van der Waals surface area contributed by atoms with Crippen LogP contribution in [-0.2, 0) is 0 Å². The van der Waals surface area contributed by atoms with Crippen molar-refractivity contribution in [1.82, 2.24) is 4.98 Å². The fraction of sp³-hybridized carbons (Fsp3) is 0. The van der Waals surface area contributed by atoms with E-state index >= 15 is 0 Å². The highest BCUT2D eigenvalue weighted by Crippen LogP contribution is 2.33. The maximum Gasteiger partial charge on any atom is 0.187 e. The molecule has 0 atom stereocenters. The zero-order valence-corrected chi connectivity index (χ0v) is 12.9. The van der Waals surface area contributed by atoms with Crippen molar-refractivity contribution in [3.63, 3.8) is 0 Å². The Balaban J connectivity index is 1.84. The van der Waals surface area contributed by atoms with Crippen LogP contribution in [0.1, 0.15) is 0 Å². The molecule has 0 aliphatic carbocycles. The van der Waals surface area contributed by atoms with Gasteiger partial charge in [-0.1, -0.05) is 23.2 Å². The predicted octanol–water partition coefficient (Wildman–Crippen LogP) is 6.00. The summed E-state index contributed by atoms with van der Waals surface area (Å²) < 4.78 is 12.9. The number of aromatic nitrogens is 1. The van der Waals surface area contributed by atoms with Crippen molar-refractivity contribution in [2.24, 2.45) is 0 Å². The lowest BCUT2D eigenvalue weighted by Crippen LogP contribution is -1.89. The molecule has 3 rings (SSSR count). The van der Waals surface area contributed by atoms with Crippen molar-refractivity contribution in [3.8, 4) is 11.3 Å². The zero-order valence-electron chi connectivity index (χ0n) is 10.6. The minimum absolute atomic E-state index is 0.270. The molecule has 0 amide bonds. The molecule has 0 saturated carbocycles. The Kier molecular flexibility index (Phi) is 4.10. The van der Waals surface area contributed by atoms with E-state index in [-0.39, 0.29) is 5.82 Å². The van der Waals surface area contributed by atoms with Crippen LogP contribution in [0.15, 0.2) is 47.8 Å². The minimum atomic E-state index is -0.270. The van der Waals surface area contributed by atoms with E-state index in [2.05, 4.69) is 10.3 Å². The molecule has 0 aliphatic heterocycles. The highest BCUT2D eigenvalue weighted by molar-refractivity contribution is 7.14. The van der Waals surface area contributed by atoms with Crippen LogP contribution in [0, 0.1) is 5.82 Å². The Morgan fingerprint density at radius 3 is 2.52 bits per heavy atom. The number of nitrogens with zero attached hydrogens (tertiary/aromatic N) is 1. The van der Waals surface area contributed by atoms with Gasteiger partial charge in [0.25, 0.3) is 0 Å². The number of anilines is 2. The van der Waals surface area contributed by atoms with Gasteiger partial charge >= 0.3 is 0 Å². The Labute approximate surface area is 135 Å². The van der Waals surface area contributed by atoms with Gasteiger partial charge in [0.05, 0.1) is 10.7 Å². The van der Waals surface area contributed by atoms with E-state index < -0.39 is 0 Å². The molecule has 106 valence electrons. The smallest absolute Gasteiger partial charge is 0.187 e. The summed E-state index contributed by atoms with van der Waals surface area (Å²) in [6.45, 7) is 0. The quantitative estimate of drug-likeness (QED) is 0.633. The molecule has 3 aromatic rings. The van der Waals surface area contributed by atoms with Gasteiger partial charge in [-0.2, -0.15) is 0 Å². The van der Waals surface area contributed by atoms with Crippen molar-refractivity contribution in [3.05, 3.63) is 63.7 Å². The first-order valence-electron chi connectivity index (χ1n) is 6.05. The first-order chi connectivity index (χ1) is 10.1. The van der Waals surface area contributed by atoms with Crippen LogP contribution in [0.25, 0.3) is 11.3 Å². The lowest BCUT2D eigenvalue weighted by molar-refractivity contribution is 0.628. The van der Waals surface area contributed by atoms with Crippen molar-refractivity contribution >= 4 is 45.4 Å². The van der Waals surface area contributed by atoms with E-state index in [1.54, 1.807) is 24.3 Å². The van der Waals surface area contributed by atoms with Gasteiger partial charge in [-0.15, -0.1) is 11.3 Å². The monoisotopic (exact) mass is 338 g/mol. The molecule has 0 fully saturated rings. The predicted molar refractivity (Wildman–Crippen MR) is 87.3 cm³/mol. The largest absolute Gasteiger partial charge is 0.332 e. The second-order valence-electron chi connectivity index (χ2n) is 4.29. The SMILES string of the molecule is Fc1ccc(Nc2nc(-c3ccc(Cl)cc3Cl)cs2)cc1. The molecule has 1 N–H and O–H groups in total. The first-order valence-corrected chi connectivity index (χ1v) is 7.69. The van der Waals surface area contributed by atoms with Gasteiger partial charge in [0, 0.05) is 21.7 Å². The third-order valence-corrected chi connectivity index (χ3v) is 4.11. The highest BCUT2D eigenvalue weighted by Gasteiger charge is 2.09. The molecule has 0 aliphatic rings. The molecule has 1 aromatic heterocycles. The molecular formula is C15H9Cl2FN2S. The minimum Gasteiger partial charge on any atom is -0.332 e. The maximum atomic E-state index is 12.9. The number of halogens is 3. The Hall–Kier alpha value is -1.62. The van der Waals surface area contributed by atoms with E-state index in [0.29, 0.717) is 15.2 Å². The number of hydrogen-bond acceptors (Lipinski definition) is 3. The molecule has 0 spiro atoms. The summed E-state index contributed by atoms with van der Waals surface area (Å²) >= 11 is 13.5. The molecule has 1 heterocycles. The van der Waals surface area contributed by atoms with Crippen LogP contribution < -0.4 is 5.32 Å². The van der Waals surface area contributed by atoms with Crippen LogP contribution in [0.3, 0.4) is 0 Å². The molecule has 0 saturated heterocycles. The molecular weight excluding hydrogens is 330 g/mol. The topological polar surface area (TPSA) is 24.9 Å². The summed E-state index contributed by atoms with van der Waals surface area (Å²) in [6.07, 6.45) is 0. The van der Waals surface area contributed by atoms with E-state index in [4.69, 9.17) is 23.2 Å². The van der Waals surface area contributed by atoms with Crippen molar-refractivity contribution < 1.29 is 4.39 Å². The van der Waals surface area contributed by atoms with Gasteiger partial charge in [-0.3, -0.25) is 0 Å². The number of hydrogen-bond donors (Lipinski definition) is 1. The summed E-state index contributed by atoms with van der Waals surface area (Å²) in [4.78, 5) is 4.47. The van der Waals surface area contributed by atoms with Crippen LogP contribution in [0.2, 0.25) is 10.0 Å². The van der Waals surface area contributed by atoms with E-state index in [1.807, 2.05) is 11.4 Å². The van der Waals surface area contributed by atoms with Gasteiger partial charge in [-0.25, -0.2) is 9.37 Å². The number of benzene rings is 2. The van der Waals surface area contributed by atoms with Gasteiger partial charge in [0.2, 0.25) is 0 Å². The second kappa shape index (κ2) is 6.02. The Bertz CT molecular complexity index is 772. The normalized spacial score (nSPS) is 10.6. The van der Waals surface area contributed by atoms with E-state index in [1.165, 1.54) is 23.5 Å². The summed E-state index contributed by atoms with van der Waals surface area (Å²) in [5, 5.41) is 6.88. The fourth-order valence-corrected chi connectivity index (χ4v) is 3.04. The molecule has 0 bridgehead atoms. The standard InChI is InChI=1S/C15H9Cl2FN2S/c16-9-1-6-12(13(17)7-9)14-8-21-15(20-14)19-11-4-2-10(18)3-5-11/h1-8H,(H,19,20). The Morgan fingerprint density at radius 2 is 1.81 bits per heavy atom. The van der Waals surface area contributed by atoms with Crippen LogP contribution in [0.5, 0.6) is 0 Å². The van der Waals surface area contributed by atoms with Crippen molar-refractivity contribution in [1.29, 1.82) is 0 Å². The summed E-state index contributed by atoms with van der Waals surface area (Å²) in [5.41, 5.74) is 2.37. The third kappa shape index (κ3) is 3.35. The van der Waals surface area contributed by atoms with Crippen molar-refractivity contribution in [2.75, 3.05) is 5.32 Å². The molecule has 6 heteroatoms. The summed E-state index contributed by atoms with van der Waals surface area (Å²) in [6, 6.07) is 11.4. The third-order valence-electron chi connectivity index (χ3n) is 2.81. The lowest BCUT2D eigenvalue weighted by Gasteiger charge is -2.02. The second-order valence-corrected chi connectivity index (χ2v) is 6.00. The average molecular weight is 339 g/mol. The molecule has 2 nitrogen and oxygen atoms in total. The van der Waals surface area contributed by atoms with Gasteiger partial charge < -0.3 is 5.32 Å². The van der Waals surface area contributed by atoms with Gasteiger partial charge in [0.1, 0.15) is 5.82 Å².